The maximum absolute atomic E-state index is 9.17. The fourth-order valence-corrected chi connectivity index (χ4v) is 4.84. The molecule has 0 N–H and O–H groups in total. The molecule has 0 radical (unpaired) electrons. The van der Waals surface area contributed by atoms with Crippen molar-refractivity contribution in [2.45, 2.75) is 58.9 Å². The van der Waals surface area contributed by atoms with Gasteiger partial charge in [-0.2, -0.15) is 10.4 Å². The van der Waals surface area contributed by atoms with E-state index >= 15 is 0 Å². The Kier molecular flexibility index (Phi) is 5.16. The lowest BCUT2D eigenvalue weighted by Gasteiger charge is -2.39. The maximum atomic E-state index is 9.17. The van der Waals surface area contributed by atoms with Gasteiger partial charge in [-0.05, 0) is 68.7 Å². The van der Waals surface area contributed by atoms with Crippen molar-refractivity contribution >= 4 is 11.6 Å². The van der Waals surface area contributed by atoms with E-state index in [1.54, 1.807) is 0 Å². The number of rotatable bonds is 3. The van der Waals surface area contributed by atoms with Gasteiger partial charge in [0, 0.05) is 25.7 Å². The number of anilines is 2. The molecule has 152 valence electrons. The fourth-order valence-electron chi connectivity index (χ4n) is 4.84. The molecule has 2 aliphatic rings. The minimum atomic E-state index is 0.338. The van der Waals surface area contributed by atoms with Gasteiger partial charge in [0.2, 0.25) is 0 Å². The third kappa shape index (κ3) is 3.78. The molecule has 2 aliphatic heterocycles. The van der Waals surface area contributed by atoms with Crippen molar-refractivity contribution < 1.29 is 0 Å². The van der Waals surface area contributed by atoms with Crippen molar-refractivity contribution in [2.24, 2.45) is 5.41 Å². The van der Waals surface area contributed by atoms with E-state index in [1.807, 2.05) is 19.1 Å². The largest absolute Gasteiger partial charge is 0.355 e. The fraction of sp³-hybridized carbons (Fsp3) is 0.565. The van der Waals surface area contributed by atoms with Crippen molar-refractivity contribution in [3.8, 4) is 6.07 Å². The number of nitrogens with zero attached hydrogens (tertiary/aromatic N) is 6. The highest BCUT2D eigenvalue weighted by molar-refractivity contribution is 5.48. The van der Waals surface area contributed by atoms with Gasteiger partial charge in [0.1, 0.15) is 11.9 Å². The number of aryl methyl sites for hydroxylation is 1. The van der Waals surface area contributed by atoms with E-state index in [2.05, 4.69) is 59.0 Å². The average molecular weight is 391 g/mol. The van der Waals surface area contributed by atoms with E-state index in [0.717, 1.165) is 55.5 Å². The summed E-state index contributed by atoms with van der Waals surface area (Å²) < 4.78 is 0. The molecule has 2 fully saturated rings. The van der Waals surface area contributed by atoms with Crippen molar-refractivity contribution in [3.05, 3.63) is 41.2 Å². The Morgan fingerprint density at radius 1 is 1.10 bits per heavy atom. The molecule has 2 aromatic rings. The van der Waals surface area contributed by atoms with Crippen LogP contribution in [0.15, 0.2) is 24.3 Å². The lowest BCUT2D eigenvalue weighted by atomic mass is 9.77. The van der Waals surface area contributed by atoms with Crippen LogP contribution in [0, 0.1) is 23.7 Å². The lowest BCUT2D eigenvalue weighted by Crippen LogP contribution is -2.42. The Morgan fingerprint density at radius 2 is 1.83 bits per heavy atom. The topological polar surface area (TPSA) is 68.9 Å². The van der Waals surface area contributed by atoms with Crippen LogP contribution in [0.5, 0.6) is 0 Å². The molecule has 4 rings (SSSR count). The quantitative estimate of drug-likeness (QED) is 0.787. The van der Waals surface area contributed by atoms with Crippen LogP contribution < -0.4 is 9.80 Å². The predicted octanol–water partition coefficient (Wildman–Crippen LogP) is 4.06. The monoisotopic (exact) mass is 390 g/mol. The summed E-state index contributed by atoms with van der Waals surface area (Å²) in [4.78, 5) is 9.52. The second kappa shape index (κ2) is 7.62. The molecular formula is C23H30N6. The van der Waals surface area contributed by atoms with Crippen LogP contribution in [-0.4, -0.2) is 40.9 Å². The Balaban J connectivity index is 1.43. The summed E-state index contributed by atoms with van der Waals surface area (Å²) >= 11 is 0. The van der Waals surface area contributed by atoms with Gasteiger partial charge in [0.25, 0.3) is 0 Å². The molecule has 1 spiro atoms. The summed E-state index contributed by atoms with van der Waals surface area (Å²) in [5.41, 5.74) is 2.86. The second-order valence-corrected chi connectivity index (χ2v) is 9.05. The molecule has 4 heterocycles. The van der Waals surface area contributed by atoms with E-state index in [1.165, 1.54) is 6.42 Å². The standard InChI is InChI=1S/C23H30N6/c1-16(2)20-6-8-22(27-26-20)28-11-9-23(10-12-28)13-17(3)29(15-23)21-7-5-19(14-24)18(4)25-21/h5-8,16-17H,9-13,15H2,1-4H3/t17-/m0/s1. The number of hydrogen-bond donors (Lipinski definition) is 0. The van der Waals surface area contributed by atoms with E-state index in [4.69, 9.17) is 10.2 Å². The maximum Gasteiger partial charge on any atom is 0.151 e. The van der Waals surface area contributed by atoms with Crippen LogP contribution in [0.4, 0.5) is 11.6 Å². The van der Waals surface area contributed by atoms with Crippen LogP contribution in [0.2, 0.25) is 0 Å². The third-order valence-corrected chi connectivity index (χ3v) is 6.66. The van der Waals surface area contributed by atoms with Gasteiger partial charge in [0.05, 0.1) is 17.0 Å². The number of nitriles is 1. The van der Waals surface area contributed by atoms with Crippen LogP contribution in [0.1, 0.15) is 62.9 Å². The smallest absolute Gasteiger partial charge is 0.151 e. The van der Waals surface area contributed by atoms with Crippen LogP contribution >= 0.6 is 0 Å². The van der Waals surface area contributed by atoms with E-state index in [-0.39, 0.29) is 0 Å². The van der Waals surface area contributed by atoms with Crippen molar-refractivity contribution in [3.63, 3.8) is 0 Å². The summed E-state index contributed by atoms with van der Waals surface area (Å²) in [6.07, 6.45) is 3.52. The van der Waals surface area contributed by atoms with E-state index in [9.17, 15) is 0 Å². The second-order valence-electron chi connectivity index (χ2n) is 9.05. The van der Waals surface area contributed by atoms with Crippen molar-refractivity contribution in [1.82, 2.24) is 15.2 Å². The van der Waals surface area contributed by atoms with Gasteiger partial charge in [-0.15, -0.1) is 5.10 Å². The summed E-state index contributed by atoms with van der Waals surface area (Å²) in [6.45, 7) is 11.6. The van der Waals surface area contributed by atoms with E-state index in [0.29, 0.717) is 22.9 Å². The zero-order valence-corrected chi connectivity index (χ0v) is 17.9. The Hall–Kier alpha value is -2.68. The number of piperidine rings is 1. The zero-order valence-electron chi connectivity index (χ0n) is 17.9. The summed E-state index contributed by atoms with van der Waals surface area (Å²) in [7, 11) is 0. The first-order chi connectivity index (χ1) is 13.9. The first-order valence-electron chi connectivity index (χ1n) is 10.6. The number of aromatic nitrogens is 3. The third-order valence-electron chi connectivity index (χ3n) is 6.66. The molecule has 6 nitrogen and oxygen atoms in total. The normalized spacial score (nSPS) is 21.0. The molecule has 0 aliphatic carbocycles. The molecule has 1 atom stereocenters. The summed E-state index contributed by atoms with van der Waals surface area (Å²) in [6, 6.07) is 10.8. The number of hydrogen-bond acceptors (Lipinski definition) is 6. The van der Waals surface area contributed by atoms with Crippen LogP contribution in [-0.2, 0) is 0 Å². The highest BCUT2D eigenvalue weighted by atomic mass is 15.3. The average Bonchev–Trinajstić information content (AvgIpc) is 3.04. The lowest BCUT2D eigenvalue weighted by molar-refractivity contribution is 0.244. The van der Waals surface area contributed by atoms with Gasteiger partial charge in [-0.25, -0.2) is 4.98 Å². The SMILES string of the molecule is Cc1nc(N2CC3(CCN(c4ccc(C(C)C)nn4)CC3)C[C@@H]2C)ccc1C#N. The minimum absolute atomic E-state index is 0.338. The zero-order chi connectivity index (χ0) is 20.6. The molecular weight excluding hydrogens is 360 g/mol. The van der Waals surface area contributed by atoms with Gasteiger partial charge < -0.3 is 9.80 Å². The molecule has 29 heavy (non-hydrogen) atoms. The molecule has 0 unspecified atom stereocenters. The summed E-state index contributed by atoms with van der Waals surface area (Å²) in [5, 5.41) is 18.0. The van der Waals surface area contributed by atoms with Gasteiger partial charge in [0.15, 0.2) is 5.82 Å². The van der Waals surface area contributed by atoms with Gasteiger partial charge in [-0.1, -0.05) is 13.8 Å². The minimum Gasteiger partial charge on any atom is -0.355 e. The molecule has 6 heteroatoms. The van der Waals surface area contributed by atoms with E-state index < -0.39 is 0 Å². The molecule has 0 amide bonds. The highest BCUT2D eigenvalue weighted by Gasteiger charge is 2.44. The molecule has 0 saturated carbocycles. The molecule has 2 saturated heterocycles. The highest BCUT2D eigenvalue weighted by Crippen LogP contribution is 2.45. The molecule has 0 bridgehead atoms. The van der Waals surface area contributed by atoms with Crippen molar-refractivity contribution in [1.29, 1.82) is 5.26 Å². The Morgan fingerprint density at radius 3 is 2.41 bits per heavy atom. The van der Waals surface area contributed by atoms with Gasteiger partial charge >= 0.3 is 0 Å². The first kappa shape index (κ1) is 19.6. The Labute approximate surface area is 173 Å². The molecule has 2 aromatic heterocycles. The molecule has 0 aromatic carbocycles. The first-order valence-corrected chi connectivity index (χ1v) is 10.6. The van der Waals surface area contributed by atoms with Crippen LogP contribution in [0.3, 0.4) is 0 Å². The van der Waals surface area contributed by atoms with Gasteiger partial charge in [-0.3, -0.25) is 0 Å². The number of pyridine rings is 1. The predicted molar refractivity (Wildman–Crippen MR) is 115 cm³/mol. The summed E-state index contributed by atoms with van der Waals surface area (Å²) in [5.74, 6) is 2.41. The Bertz CT molecular complexity index is 906. The van der Waals surface area contributed by atoms with Crippen LogP contribution in [0.25, 0.3) is 0 Å². The van der Waals surface area contributed by atoms with Crippen molar-refractivity contribution in [2.75, 3.05) is 29.4 Å².